The van der Waals surface area contributed by atoms with Crippen molar-refractivity contribution in [2.45, 2.75) is 19.9 Å². The predicted octanol–water partition coefficient (Wildman–Crippen LogP) is 4.53. The average molecular weight is 306 g/mol. The molecule has 2 aromatic rings. The van der Waals surface area contributed by atoms with Crippen LogP contribution in [0.5, 0.6) is 11.5 Å². The highest BCUT2D eigenvalue weighted by molar-refractivity contribution is 6.33. The third kappa shape index (κ3) is 3.42. The number of hydrogen-bond acceptors (Lipinski definition) is 3. The van der Waals surface area contributed by atoms with Crippen LogP contribution in [0.1, 0.15) is 18.1 Å². The smallest absolute Gasteiger partial charge is 0.179 e. The first-order chi connectivity index (χ1) is 10.2. The first kappa shape index (κ1) is 15.5. The normalized spacial score (nSPS) is 10.3. The molecule has 0 bridgehead atoms. The van der Waals surface area contributed by atoms with Crippen LogP contribution >= 0.6 is 11.6 Å². The Morgan fingerprint density at radius 1 is 1.00 bits per heavy atom. The van der Waals surface area contributed by atoms with Gasteiger partial charge in [-0.3, -0.25) is 0 Å². The van der Waals surface area contributed by atoms with Gasteiger partial charge in [-0.05, 0) is 29.7 Å². The summed E-state index contributed by atoms with van der Waals surface area (Å²) in [5.41, 5.74) is 3.39. The molecule has 0 spiro atoms. The monoisotopic (exact) mass is 305 g/mol. The molecule has 0 amide bonds. The molecule has 0 atom stereocenters. The number of hydrogen-bond donors (Lipinski definition) is 1. The van der Waals surface area contributed by atoms with Crippen LogP contribution in [0.3, 0.4) is 0 Å². The van der Waals surface area contributed by atoms with E-state index in [1.807, 2.05) is 24.3 Å². The van der Waals surface area contributed by atoms with Gasteiger partial charge in [0.1, 0.15) is 0 Å². The molecule has 2 rings (SSSR count). The SMILES string of the molecule is CCc1ccccc1NCc1ccc(OC)c(OC)c1Cl. The molecule has 0 aliphatic rings. The molecule has 0 radical (unpaired) electrons. The number of benzene rings is 2. The molecule has 0 aliphatic heterocycles. The summed E-state index contributed by atoms with van der Waals surface area (Å²) in [5, 5.41) is 4.01. The first-order valence-electron chi connectivity index (χ1n) is 6.92. The van der Waals surface area contributed by atoms with Crippen LogP contribution in [0.2, 0.25) is 5.02 Å². The van der Waals surface area contributed by atoms with Crippen molar-refractivity contribution in [3.05, 3.63) is 52.5 Å². The van der Waals surface area contributed by atoms with Crippen molar-refractivity contribution < 1.29 is 9.47 Å². The van der Waals surface area contributed by atoms with Gasteiger partial charge in [0.2, 0.25) is 0 Å². The van der Waals surface area contributed by atoms with E-state index in [-0.39, 0.29) is 0 Å². The van der Waals surface area contributed by atoms with Gasteiger partial charge in [-0.2, -0.15) is 0 Å². The highest BCUT2D eigenvalue weighted by Gasteiger charge is 2.13. The molecule has 0 saturated heterocycles. The van der Waals surface area contributed by atoms with Gasteiger partial charge < -0.3 is 14.8 Å². The Bertz CT molecular complexity index is 614. The maximum atomic E-state index is 6.39. The third-order valence-corrected chi connectivity index (χ3v) is 3.85. The summed E-state index contributed by atoms with van der Waals surface area (Å²) in [6.07, 6.45) is 0.989. The molecule has 4 heteroatoms. The standard InChI is InChI=1S/C17H20ClNO2/c1-4-12-7-5-6-8-14(12)19-11-13-9-10-15(20-2)17(21-3)16(13)18/h5-10,19H,4,11H2,1-3H3. The Balaban J connectivity index is 2.20. The number of nitrogens with one attached hydrogen (secondary N) is 1. The second-order valence-electron chi connectivity index (χ2n) is 4.64. The van der Waals surface area contributed by atoms with Crippen LogP contribution in [-0.4, -0.2) is 14.2 Å². The van der Waals surface area contributed by atoms with Crippen LogP contribution in [0.15, 0.2) is 36.4 Å². The minimum absolute atomic E-state index is 0.572. The van der Waals surface area contributed by atoms with Crippen molar-refractivity contribution in [3.63, 3.8) is 0 Å². The molecule has 0 heterocycles. The fourth-order valence-electron chi connectivity index (χ4n) is 2.26. The van der Waals surface area contributed by atoms with Crippen molar-refractivity contribution in [1.29, 1.82) is 0 Å². The molecule has 3 nitrogen and oxygen atoms in total. The van der Waals surface area contributed by atoms with Crippen molar-refractivity contribution in [1.82, 2.24) is 0 Å². The van der Waals surface area contributed by atoms with Crippen LogP contribution in [0.4, 0.5) is 5.69 Å². The van der Waals surface area contributed by atoms with Crippen molar-refractivity contribution in [2.24, 2.45) is 0 Å². The molecular weight excluding hydrogens is 286 g/mol. The lowest BCUT2D eigenvalue weighted by molar-refractivity contribution is 0.355. The zero-order chi connectivity index (χ0) is 15.2. The Kier molecular flexibility index (Phi) is 5.34. The lowest BCUT2D eigenvalue weighted by atomic mass is 10.1. The summed E-state index contributed by atoms with van der Waals surface area (Å²) in [5.74, 6) is 1.21. The second kappa shape index (κ2) is 7.23. The second-order valence-corrected chi connectivity index (χ2v) is 5.02. The number of halogens is 1. The van der Waals surface area contributed by atoms with Gasteiger partial charge in [0.05, 0.1) is 19.2 Å². The van der Waals surface area contributed by atoms with E-state index in [2.05, 4.69) is 24.4 Å². The van der Waals surface area contributed by atoms with Crippen molar-refractivity contribution in [3.8, 4) is 11.5 Å². The zero-order valence-corrected chi connectivity index (χ0v) is 13.3. The Labute approximate surface area is 130 Å². The fourth-order valence-corrected chi connectivity index (χ4v) is 2.56. The van der Waals surface area contributed by atoms with Crippen molar-refractivity contribution >= 4 is 17.3 Å². The highest BCUT2D eigenvalue weighted by atomic mass is 35.5. The number of para-hydroxylation sites is 1. The zero-order valence-electron chi connectivity index (χ0n) is 12.6. The van der Waals surface area contributed by atoms with E-state index >= 15 is 0 Å². The molecule has 0 unspecified atom stereocenters. The van der Waals surface area contributed by atoms with E-state index in [9.17, 15) is 0 Å². The topological polar surface area (TPSA) is 30.5 Å². The van der Waals surface area contributed by atoms with E-state index < -0.39 is 0 Å². The number of rotatable bonds is 6. The van der Waals surface area contributed by atoms with E-state index in [4.69, 9.17) is 21.1 Å². The summed E-state index contributed by atoms with van der Waals surface area (Å²) in [4.78, 5) is 0. The van der Waals surface area contributed by atoms with E-state index in [1.165, 1.54) is 5.56 Å². The Morgan fingerprint density at radius 3 is 2.43 bits per heavy atom. The Hall–Kier alpha value is -1.87. The maximum absolute atomic E-state index is 6.39. The van der Waals surface area contributed by atoms with Crippen molar-refractivity contribution in [2.75, 3.05) is 19.5 Å². The number of methoxy groups -OCH3 is 2. The van der Waals surface area contributed by atoms with Gasteiger partial charge in [-0.15, -0.1) is 0 Å². The minimum atomic E-state index is 0.572. The van der Waals surface area contributed by atoms with E-state index in [1.54, 1.807) is 14.2 Å². The summed E-state index contributed by atoms with van der Waals surface area (Å²) >= 11 is 6.39. The quantitative estimate of drug-likeness (QED) is 0.850. The average Bonchev–Trinajstić information content (AvgIpc) is 2.53. The number of aryl methyl sites for hydroxylation is 1. The summed E-state index contributed by atoms with van der Waals surface area (Å²) in [7, 11) is 3.19. The number of ether oxygens (including phenoxy) is 2. The molecular formula is C17H20ClNO2. The van der Waals surface area contributed by atoms with Gasteiger partial charge in [0, 0.05) is 12.2 Å². The summed E-state index contributed by atoms with van der Waals surface area (Å²) in [6.45, 7) is 2.78. The summed E-state index contributed by atoms with van der Waals surface area (Å²) in [6, 6.07) is 12.1. The molecule has 112 valence electrons. The highest BCUT2D eigenvalue weighted by Crippen LogP contribution is 2.37. The van der Waals surface area contributed by atoms with E-state index in [0.29, 0.717) is 23.1 Å². The molecule has 0 saturated carbocycles. The lowest BCUT2D eigenvalue weighted by Crippen LogP contribution is -2.03. The van der Waals surface area contributed by atoms with Gasteiger partial charge in [-0.25, -0.2) is 0 Å². The minimum Gasteiger partial charge on any atom is -0.493 e. The molecule has 21 heavy (non-hydrogen) atoms. The van der Waals surface area contributed by atoms with Crippen LogP contribution in [-0.2, 0) is 13.0 Å². The molecule has 1 N–H and O–H groups in total. The lowest BCUT2D eigenvalue weighted by Gasteiger charge is -2.15. The molecule has 0 fully saturated rings. The third-order valence-electron chi connectivity index (χ3n) is 3.43. The Morgan fingerprint density at radius 2 is 1.76 bits per heavy atom. The molecule has 0 aliphatic carbocycles. The first-order valence-corrected chi connectivity index (χ1v) is 7.30. The van der Waals surface area contributed by atoms with Gasteiger partial charge in [0.25, 0.3) is 0 Å². The van der Waals surface area contributed by atoms with Crippen LogP contribution in [0, 0.1) is 0 Å². The van der Waals surface area contributed by atoms with Crippen LogP contribution < -0.4 is 14.8 Å². The predicted molar refractivity (Wildman–Crippen MR) is 87.7 cm³/mol. The fraction of sp³-hybridized carbons (Fsp3) is 0.294. The molecule has 0 aromatic heterocycles. The van der Waals surface area contributed by atoms with Gasteiger partial charge in [-0.1, -0.05) is 42.8 Å². The maximum Gasteiger partial charge on any atom is 0.179 e. The number of anilines is 1. The van der Waals surface area contributed by atoms with Crippen LogP contribution in [0.25, 0.3) is 0 Å². The van der Waals surface area contributed by atoms with E-state index in [0.717, 1.165) is 17.7 Å². The van der Waals surface area contributed by atoms with Gasteiger partial charge >= 0.3 is 0 Å². The molecule has 2 aromatic carbocycles. The van der Waals surface area contributed by atoms with Gasteiger partial charge in [0.15, 0.2) is 11.5 Å². The summed E-state index contributed by atoms with van der Waals surface area (Å²) < 4.78 is 10.6. The largest absolute Gasteiger partial charge is 0.493 e.